The van der Waals surface area contributed by atoms with E-state index in [4.69, 9.17) is 10.2 Å². The van der Waals surface area contributed by atoms with Gasteiger partial charge in [-0.2, -0.15) is 4.98 Å². The second kappa shape index (κ2) is 4.32. The van der Waals surface area contributed by atoms with Crippen molar-refractivity contribution in [3.63, 3.8) is 0 Å². The lowest BCUT2D eigenvalue weighted by molar-refractivity contribution is 0.554. The smallest absolute Gasteiger partial charge is 0.301 e. The van der Waals surface area contributed by atoms with Gasteiger partial charge in [-0.1, -0.05) is 12.1 Å². The summed E-state index contributed by atoms with van der Waals surface area (Å²) in [7, 11) is 1.69. The highest BCUT2D eigenvalue weighted by atomic mass is 19.1. The largest absolute Gasteiger partial charge is 0.431 e. The van der Waals surface area contributed by atoms with Gasteiger partial charge in [0.1, 0.15) is 12.1 Å². The zero-order valence-corrected chi connectivity index (χ0v) is 8.85. The maximum absolute atomic E-state index is 13.5. The molecule has 1 heterocycles. The van der Waals surface area contributed by atoms with Crippen molar-refractivity contribution in [3.05, 3.63) is 42.0 Å². The number of halogens is 1. The van der Waals surface area contributed by atoms with Crippen molar-refractivity contribution in [2.24, 2.45) is 5.73 Å². The van der Waals surface area contributed by atoms with Gasteiger partial charge >= 0.3 is 6.01 Å². The molecule has 16 heavy (non-hydrogen) atoms. The molecular formula is C11H12FN3O. The van der Waals surface area contributed by atoms with Gasteiger partial charge in [0.15, 0.2) is 0 Å². The Bertz CT molecular complexity index is 484. The second-order valence-corrected chi connectivity index (χ2v) is 3.34. The van der Waals surface area contributed by atoms with Gasteiger partial charge in [-0.05, 0) is 12.1 Å². The molecule has 0 spiro atoms. The van der Waals surface area contributed by atoms with Crippen LogP contribution in [-0.4, -0.2) is 12.0 Å². The Balaban J connectivity index is 2.31. The number of hydrogen-bond acceptors (Lipinski definition) is 4. The Hall–Kier alpha value is -1.88. The summed E-state index contributed by atoms with van der Waals surface area (Å²) in [4.78, 5) is 5.65. The second-order valence-electron chi connectivity index (χ2n) is 3.34. The first-order valence-electron chi connectivity index (χ1n) is 4.85. The normalized spacial score (nSPS) is 10.4. The molecule has 0 aliphatic carbocycles. The van der Waals surface area contributed by atoms with E-state index >= 15 is 0 Å². The first-order chi connectivity index (χ1) is 7.72. The van der Waals surface area contributed by atoms with Crippen LogP contribution < -0.4 is 10.6 Å². The van der Waals surface area contributed by atoms with E-state index in [-0.39, 0.29) is 5.82 Å². The topological polar surface area (TPSA) is 55.3 Å². The fourth-order valence-electron chi connectivity index (χ4n) is 1.37. The van der Waals surface area contributed by atoms with E-state index < -0.39 is 0 Å². The van der Waals surface area contributed by atoms with Crippen LogP contribution >= 0.6 is 0 Å². The average molecular weight is 221 g/mol. The minimum Gasteiger partial charge on any atom is -0.431 e. The van der Waals surface area contributed by atoms with Crippen molar-refractivity contribution < 1.29 is 8.81 Å². The van der Waals surface area contributed by atoms with Crippen molar-refractivity contribution in [1.82, 2.24) is 4.98 Å². The zero-order chi connectivity index (χ0) is 11.5. The van der Waals surface area contributed by atoms with Gasteiger partial charge < -0.3 is 10.2 Å². The van der Waals surface area contributed by atoms with Crippen LogP contribution in [0.15, 0.2) is 34.9 Å². The van der Waals surface area contributed by atoms with Crippen LogP contribution in [0.5, 0.6) is 0 Å². The highest BCUT2D eigenvalue weighted by molar-refractivity contribution is 5.55. The summed E-state index contributed by atoms with van der Waals surface area (Å²) >= 11 is 0. The molecule has 0 atom stereocenters. The number of rotatable bonds is 3. The minimum atomic E-state index is -0.322. The number of hydrogen-bond donors (Lipinski definition) is 1. The standard InChI is InChI=1S/C11H12FN3O/c1-15(10-5-3-2-4-9(10)12)11-14-8(6-13)7-16-11/h2-5,7H,6,13H2,1H3. The first-order valence-corrected chi connectivity index (χ1v) is 4.85. The van der Waals surface area contributed by atoms with Gasteiger partial charge in [-0.25, -0.2) is 4.39 Å². The molecule has 84 valence electrons. The van der Waals surface area contributed by atoms with E-state index in [0.717, 1.165) is 0 Å². The summed E-state index contributed by atoms with van der Waals surface area (Å²) in [6.45, 7) is 0.300. The molecule has 0 saturated carbocycles. The van der Waals surface area contributed by atoms with Crippen molar-refractivity contribution in [3.8, 4) is 0 Å². The molecule has 0 aliphatic rings. The van der Waals surface area contributed by atoms with E-state index in [1.54, 1.807) is 25.2 Å². The third-order valence-electron chi connectivity index (χ3n) is 2.25. The summed E-state index contributed by atoms with van der Waals surface area (Å²) in [5.41, 5.74) is 6.46. The zero-order valence-electron chi connectivity index (χ0n) is 8.85. The predicted octanol–water partition coefficient (Wildman–Crippen LogP) is 2.04. The van der Waals surface area contributed by atoms with Gasteiger partial charge in [0, 0.05) is 13.6 Å². The average Bonchev–Trinajstić information content (AvgIpc) is 2.77. The van der Waals surface area contributed by atoms with E-state index in [1.165, 1.54) is 17.2 Å². The Morgan fingerprint density at radius 1 is 1.44 bits per heavy atom. The third kappa shape index (κ3) is 1.90. The summed E-state index contributed by atoms with van der Waals surface area (Å²) in [5.74, 6) is -0.322. The van der Waals surface area contributed by atoms with Crippen LogP contribution in [0.25, 0.3) is 0 Å². The quantitative estimate of drug-likeness (QED) is 0.861. The van der Waals surface area contributed by atoms with Crippen molar-refractivity contribution in [1.29, 1.82) is 0 Å². The Labute approximate surface area is 92.5 Å². The van der Waals surface area contributed by atoms with Crippen LogP contribution in [0.3, 0.4) is 0 Å². The number of anilines is 2. The summed E-state index contributed by atoms with van der Waals surface area (Å²) < 4.78 is 18.7. The van der Waals surface area contributed by atoms with Crippen LogP contribution in [0.1, 0.15) is 5.69 Å². The molecule has 0 radical (unpaired) electrons. The summed E-state index contributed by atoms with van der Waals surface area (Å²) in [6, 6.07) is 6.75. The van der Waals surface area contributed by atoms with E-state index in [9.17, 15) is 4.39 Å². The molecule has 2 N–H and O–H groups in total. The SMILES string of the molecule is CN(c1nc(CN)co1)c1ccccc1F. The minimum absolute atomic E-state index is 0.300. The first kappa shape index (κ1) is 10.6. The van der Waals surface area contributed by atoms with Crippen molar-refractivity contribution in [2.45, 2.75) is 6.54 Å². The maximum atomic E-state index is 13.5. The Morgan fingerprint density at radius 2 is 2.19 bits per heavy atom. The molecule has 0 bridgehead atoms. The number of benzene rings is 1. The monoisotopic (exact) mass is 221 g/mol. The lowest BCUT2D eigenvalue weighted by Crippen LogP contribution is -2.11. The Morgan fingerprint density at radius 3 is 2.81 bits per heavy atom. The fraction of sp³-hybridized carbons (Fsp3) is 0.182. The molecule has 1 aromatic heterocycles. The van der Waals surface area contributed by atoms with Crippen LogP contribution in [0, 0.1) is 5.82 Å². The molecule has 4 nitrogen and oxygen atoms in total. The number of para-hydroxylation sites is 1. The Kier molecular flexibility index (Phi) is 2.87. The number of nitrogens with two attached hydrogens (primary N) is 1. The molecule has 1 aromatic carbocycles. The molecular weight excluding hydrogens is 209 g/mol. The highest BCUT2D eigenvalue weighted by Gasteiger charge is 2.13. The predicted molar refractivity (Wildman–Crippen MR) is 58.9 cm³/mol. The molecule has 0 aliphatic heterocycles. The molecule has 5 heteroatoms. The van der Waals surface area contributed by atoms with Gasteiger partial charge in [0.25, 0.3) is 0 Å². The molecule has 0 amide bonds. The van der Waals surface area contributed by atoms with Gasteiger partial charge in [0.05, 0.1) is 11.4 Å². The van der Waals surface area contributed by atoms with E-state index in [0.29, 0.717) is 23.9 Å². The number of nitrogens with zero attached hydrogens (tertiary/aromatic N) is 2. The molecule has 2 rings (SSSR count). The molecule has 2 aromatic rings. The van der Waals surface area contributed by atoms with Gasteiger partial charge in [0.2, 0.25) is 0 Å². The van der Waals surface area contributed by atoms with Gasteiger partial charge in [-0.15, -0.1) is 0 Å². The summed E-state index contributed by atoms with van der Waals surface area (Å²) in [6.07, 6.45) is 1.46. The molecule has 0 unspecified atom stereocenters. The van der Waals surface area contributed by atoms with Crippen molar-refractivity contribution >= 4 is 11.7 Å². The third-order valence-corrected chi connectivity index (χ3v) is 2.25. The lowest BCUT2D eigenvalue weighted by Gasteiger charge is -2.14. The highest BCUT2D eigenvalue weighted by Crippen LogP contribution is 2.24. The molecule has 0 saturated heterocycles. The number of aromatic nitrogens is 1. The van der Waals surface area contributed by atoms with Crippen LogP contribution in [0.4, 0.5) is 16.1 Å². The fourth-order valence-corrected chi connectivity index (χ4v) is 1.37. The van der Waals surface area contributed by atoms with Crippen molar-refractivity contribution in [2.75, 3.05) is 11.9 Å². The number of oxazole rings is 1. The van der Waals surface area contributed by atoms with Crippen LogP contribution in [0.2, 0.25) is 0 Å². The van der Waals surface area contributed by atoms with E-state index in [2.05, 4.69) is 4.98 Å². The van der Waals surface area contributed by atoms with Gasteiger partial charge in [-0.3, -0.25) is 4.90 Å². The molecule has 0 fully saturated rings. The maximum Gasteiger partial charge on any atom is 0.301 e. The van der Waals surface area contributed by atoms with E-state index in [1.807, 2.05) is 0 Å². The van der Waals surface area contributed by atoms with Crippen LogP contribution in [-0.2, 0) is 6.54 Å². The summed E-state index contributed by atoms with van der Waals surface area (Å²) in [5, 5.41) is 0. The lowest BCUT2D eigenvalue weighted by atomic mass is 10.3.